The van der Waals surface area contributed by atoms with Crippen LogP contribution in [0.4, 0.5) is 5.82 Å². The molecule has 0 aliphatic rings. The van der Waals surface area contributed by atoms with Crippen molar-refractivity contribution in [2.45, 2.75) is 27.2 Å². The van der Waals surface area contributed by atoms with E-state index in [-0.39, 0.29) is 29.8 Å². The Hall–Kier alpha value is -3.14. The smallest absolute Gasteiger partial charge is 0.242 e. The fraction of sp³-hybridized carbons (Fsp3) is 0.333. The number of hydrazine groups is 1. The summed E-state index contributed by atoms with van der Waals surface area (Å²) in [6.07, 6.45) is 1.74. The zero-order valence-electron chi connectivity index (χ0n) is 14.5. The molecule has 7 heteroatoms. The summed E-state index contributed by atoms with van der Waals surface area (Å²) in [5, 5.41) is 20.0. The number of carbonyl (C=O) groups is 1. The number of aromatic hydroxyl groups is 1. The van der Waals surface area contributed by atoms with Crippen LogP contribution in [-0.2, 0) is 11.2 Å². The van der Waals surface area contributed by atoms with E-state index in [4.69, 9.17) is 5.26 Å². The minimum Gasteiger partial charge on any atom is -0.508 e. The van der Waals surface area contributed by atoms with Gasteiger partial charge in [-0.2, -0.15) is 10.2 Å². The highest BCUT2D eigenvalue weighted by Gasteiger charge is 2.17. The summed E-state index contributed by atoms with van der Waals surface area (Å²) < 4.78 is 0. The largest absolute Gasteiger partial charge is 0.508 e. The van der Waals surface area contributed by atoms with Crippen LogP contribution in [-0.4, -0.2) is 27.5 Å². The first kappa shape index (κ1) is 18.2. The van der Waals surface area contributed by atoms with Gasteiger partial charge in [0.2, 0.25) is 11.7 Å². The number of phenolic OH excluding ortho intramolecular Hbond substituents is 1. The molecule has 0 saturated heterocycles. The molecule has 2 N–H and O–H groups in total. The first-order chi connectivity index (χ1) is 11.9. The molecule has 0 unspecified atom stereocenters. The number of anilines is 1. The van der Waals surface area contributed by atoms with Gasteiger partial charge < -0.3 is 5.11 Å². The Labute approximate surface area is 146 Å². The molecule has 0 spiro atoms. The number of hydrogen-bond donors (Lipinski definition) is 2. The number of amides is 1. The van der Waals surface area contributed by atoms with E-state index < -0.39 is 0 Å². The van der Waals surface area contributed by atoms with Crippen LogP contribution in [0, 0.1) is 24.2 Å². The number of nitriles is 1. The number of aryl methyl sites for hydroxylation is 1. The lowest BCUT2D eigenvalue weighted by atomic mass is 10.1. The SMILES string of the molecule is Cc1cnc(C#N)nc1N(CC(C)C)NC(=O)Cc1ccc(O)cc1. The molecule has 1 aromatic heterocycles. The molecule has 0 radical (unpaired) electrons. The van der Waals surface area contributed by atoms with Gasteiger partial charge in [0.1, 0.15) is 11.8 Å². The zero-order chi connectivity index (χ0) is 18.4. The maximum absolute atomic E-state index is 12.4. The van der Waals surface area contributed by atoms with E-state index in [1.54, 1.807) is 35.5 Å². The molecule has 1 aromatic carbocycles. The number of hydrogen-bond acceptors (Lipinski definition) is 6. The predicted molar refractivity (Wildman–Crippen MR) is 93.6 cm³/mol. The molecule has 25 heavy (non-hydrogen) atoms. The molecule has 0 saturated carbocycles. The van der Waals surface area contributed by atoms with E-state index in [0.29, 0.717) is 12.4 Å². The second kappa shape index (κ2) is 8.11. The Kier molecular flexibility index (Phi) is 5.90. The summed E-state index contributed by atoms with van der Waals surface area (Å²) in [7, 11) is 0. The first-order valence-electron chi connectivity index (χ1n) is 7.97. The van der Waals surface area contributed by atoms with Crippen molar-refractivity contribution < 1.29 is 9.90 Å². The lowest BCUT2D eigenvalue weighted by Gasteiger charge is -2.27. The van der Waals surface area contributed by atoms with Gasteiger partial charge in [-0.1, -0.05) is 26.0 Å². The lowest BCUT2D eigenvalue weighted by Crippen LogP contribution is -2.46. The summed E-state index contributed by atoms with van der Waals surface area (Å²) in [6, 6.07) is 8.40. The standard InChI is InChI=1S/C18H21N5O2/c1-12(2)11-23(18-13(3)10-20-16(9-19)21-18)22-17(25)8-14-4-6-15(24)7-5-14/h4-7,10,12,24H,8,11H2,1-3H3,(H,22,25). The second-order valence-corrected chi connectivity index (χ2v) is 6.19. The fourth-order valence-corrected chi connectivity index (χ4v) is 2.30. The van der Waals surface area contributed by atoms with Crippen LogP contribution < -0.4 is 10.4 Å². The zero-order valence-corrected chi connectivity index (χ0v) is 14.5. The van der Waals surface area contributed by atoms with Crippen molar-refractivity contribution >= 4 is 11.7 Å². The van der Waals surface area contributed by atoms with Crippen LogP contribution in [0.25, 0.3) is 0 Å². The van der Waals surface area contributed by atoms with Crippen LogP contribution in [0.5, 0.6) is 5.75 Å². The number of rotatable bonds is 6. The van der Waals surface area contributed by atoms with Gasteiger partial charge in [0, 0.05) is 18.3 Å². The second-order valence-electron chi connectivity index (χ2n) is 6.19. The maximum Gasteiger partial charge on any atom is 0.242 e. The molecule has 7 nitrogen and oxygen atoms in total. The lowest BCUT2D eigenvalue weighted by molar-refractivity contribution is -0.120. The molecule has 0 bridgehead atoms. The number of nitrogens with one attached hydrogen (secondary N) is 1. The van der Waals surface area contributed by atoms with Crippen LogP contribution in [0.3, 0.4) is 0 Å². The van der Waals surface area contributed by atoms with Crippen molar-refractivity contribution in [1.82, 2.24) is 15.4 Å². The topological polar surface area (TPSA) is 102 Å². The van der Waals surface area contributed by atoms with Crippen LogP contribution >= 0.6 is 0 Å². The average Bonchev–Trinajstić information content (AvgIpc) is 2.56. The summed E-state index contributed by atoms with van der Waals surface area (Å²) in [4.78, 5) is 20.6. The Morgan fingerprint density at radius 1 is 1.36 bits per heavy atom. The van der Waals surface area contributed by atoms with Crippen molar-refractivity contribution in [2.75, 3.05) is 11.6 Å². The van der Waals surface area contributed by atoms with Gasteiger partial charge in [-0.15, -0.1) is 0 Å². The van der Waals surface area contributed by atoms with Gasteiger partial charge in [0.15, 0.2) is 5.82 Å². The molecule has 1 amide bonds. The average molecular weight is 339 g/mol. The van der Waals surface area contributed by atoms with E-state index in [2.05, 4.69) is 15.4 Å². The highest BCUT2D eigenvalue weighted by atomic mass is 16.3. The third-order valence-electron chi connectivity index (χ3n) is 3.41. The minimum atomic E-state index is -0.206. The third kappa shape index (κ3) is 5.18. The number of benzene rings is 1. The number of aromatic nitrogens is 2. The summed E-state index contributed by atoms with van der Waals surface area (Å²) in [5.74, 6) is 0.796. The van der Waals surface area contributed by atoms with E-state index >= 15 is 0 Å². The number of nitrogens with zero attached hydrogens (tertiary/aromatic N) is 4. The van der Waals surface area contributed by atoms with E-state index in [9.17, 15) is 9.90 Å². The number of carbonyl (C=O) groups excluding carboxylic acids is 1. The molecule has 1 heterocycles. The molecule has 130 valence electrons. The Morgan fingerprint density at radius 2 is 2.04 bits per heavy atom. The van der Waals surface area contributed by atoms with Gasteiger partial charge in [-0.25, -0.2) is 4.98 Å². The van der Waals surface area contributed by atoms with E-state index in [1.165, 1.54) is 0 Å². The van der Waals surface area contributed by atoms with Crippen molar-refractivity contribution in [3.8, 4) is 11.8 Å². The minimum absolute atomic E-state index is 0.0575. The molecule has 0 aliphatic carbocycles. The first-order valence-corrected chi connectivity index (χ1v) is 7.97. The van der Waals surface area contributed by atoms with Crippen molar-refractivity contribution in [3.63, 3.8) is 0 Å². The summed E-state index contributed by atoms with van der Waals surface area (Å²) in [6.45, 7) is 6.43. The van der Waals surface area contributed by atoms with Crippen molar-refractivity contribution in [2.24, 2.45) is 5.92 Å². The molecule has 2 rings (SSSR count). The van der Waals surface area contributed by atoms with Gasteiger partial charge in [0.05, 0.1) is 6.42 Å². The van der Waals surface area contributed by atoms with Gasteiger partial charge in [-0.05, 0) is 30.5 Å². The summed E-state index contributed by atoms with van der Waals surface area (Å²) >= 11 is 0. The Bertz CT molecular complexity index is 781. The van der Waals surface area contributed by atoms with Crippen LogP contribution in [0.2, 0.25) is 0 Å². The van der Waals surface area contributed by atoms with E-state index in [1.807, 2.05) is 26.8 Å². The Morgan fingerprint density at radius 3 is 2.64 bits per heavy atom. The van der Waals surface area contributed by atoms with Gasteiger partial charge in [0.25, 0.3) is 0 Å². The summed E-state index contributed by atoms with van der Waals surface area (Å²) in [5.41, 5.74) is 4.41. The molecule has 0 atom stereocenters. The molecule has 2 aromatic rings. The van der Waals surface area contributed by atoms with E-state index in [0.717, 1.165) is 11.1 Å². The molecule has 0 aliphatic heterocycles. The highest BCUT2D eigenvalue weighted by Crippen LogP contribution is 2.16. The van der Waals surface area contributed by atoms with Gasteiger partial charge in [-0.3, -0.25) is 15.2 Å². The van der Waals surface area contributed by atoms with Crippen LogP contribution in [0.1, 0.15) is 30.8 Å². The van der Waals surface area contributed by atoms with Crippen molar-refractivity contribution in [1.29, 1.82) is 5.26 Å². The fourth-order valence-electron chi connectivity index (χ4n) is 2.30. The Balaban J connectivity index is 2.19. The molecule has 0 fully saturated rings. The highest BCUT2D eigenvalue weighted by molar-refractivity contribution is 5.80. The monoisotopic (exact) mass is 339 g/mol. The van der Waals surface area contributed by atoms with Crippen molar-refractivity contribution in [3.05, 3.63) is 47.4 Å². The maximum atomic E-state index is 12.4. The third-order valence-corrected chi connectivity index (χ3v) is 3.41. The predicted octanol–water partition coefficient (Wildman–Crippen LogP) is 2.10. The quantitative estimate of drug-likeness (QED) is 0.781. The van der Waals surface area contributed by atoms with Crippen LogP contribution in [0.15, 0.2) is 30.5 Å². The van der Waals surface area contributed by atoms with Gasteiger partial charge >= 0.3 is 0 Å². The normalized spacial score (nSPS) is 10.4. The molecular weight excluding hydrogens is 318 g/mol. The number of phenols is 1. The molecular formula is C18H21N5O2.